The van der Waals surface area contributed by atoms with Crippen molar-refractivity contribution in [2.75, 3.05) is 18.5 Å². The fourth-order valence-electron chi connectivity index (χ4n) is 1.74. The molecule has 0 aromatic heterocycles. The van der Waals surface area contributed by atoms with Gasteiger partial charge in [-0.2, -0.15) is 0 Å². The van der Waals surface area contributed by atoms with Gasteiger partial charge in [0.05, 0.1) is 12.5 Å². The summed E-state index contributed by atoms with van der Waals surface area (Å²) in [6.45, 7) is 4.55. The molecule has 0 saturated heterocycles. The number of amides is 2. The van der Waals surface area contributed by atoms with Crippen LogP contribution < -0.4 is 15.4 Å². The fraction of sp³-hybridized carbons (Fsp3) is 0.467. The number of nitrogens with one attached hydrogen (secondary N) is 2. The van der Waals surface area contributed by atoms with E-state index in [0.717, 1.165) is 0 Å². The SMILES string of the molecule is CCOc1cccc(NC(=O)NCCCC(C)C(=O)O)c1. The van der Waals surface area contributed by atoms with Crippen LogP contribution in [-0.2, 0) is 4.79 Å². The Morgan fingerprint density at radius 2 is 2.14 bits per heavy atom. The van der Waals surface area contributed by atoms with E-state index < -0.39 is 11.9 Å². The van der Waals surface area contributed by atoms with Gasteiger partial charge in [0.15, 0.2) is 0 Å². The van der Waals surface area contributed by atoms with Gasteiger partial charge in [-0.1, -0.05) is 13.0 Å². The van der Waals surface area contributed by atoms with E-state index in [1.54, 1.807) is 25.1 Å². The Labute approximate surface area is 124 Å². The third kappa shape index (κ3) is 6.65. The maximum atomic E-state index is 11.7. The smallest absolute Gasteiger partial charge is 0.319 e. The molecular weight excluding hydrogens is 272 g/mol. The maximum absolute atomic E-state index is 11.7. The summed E-state index contributed by atoms with van der Waals surface area (Å²) in [7, 11) is 0. The number of carbonyl (C=O) groups is 2. The number of hydrogen-bond acceptors (Lipinski definition) is 3. The van der Waals surface area contributed by atoms with Gasteiger partial charge in [-0.15, -0.1) is 0 Å². The van der Waals surface area contributed by atoms with Crippen LogP contribution in [0.5, 0.6) is 5.75 Å². The van der Waals surface area contributed by atoms with E-state index in [-0.39, 0.29) is 6.03 Å². The Morgan fingerprint density at radius 3 is 2.81 bits per heavy atom. The van der Waals surface area contributed by atoms with Crippen molar-refractivity contribution in [2.45, 2.75) is 26.7 Å². The van der Waals surface area contributed by atoms with Gasteiger partial charge >= 0.3 is 12.0 Å². The minimum Gasteiger partial charge on any atom is -0.494 e. The van der Waals surface area contributed by atoms with Gasteiger partial charge in [0.1, 0.15) is 5.75 Å². The molecule has 0 bridgehead atoms. The molecule has 1 atom stereocenters. The molecule has 6 nitrogen and oxygen atoms in total. The molecule has 6 heteroatoms. The van der Waals surface area contributed by atoms with E-state index in [0.29, 0.717) is 37.4 Å². The molecule has 116 valence electrons. The summed E-state index contributed by atoms with van der Waals surface area (Å²) < 4.78 is 5.35. The lowest BCUT2D eigenvalue weighted by molar-refractivity contribution is -0.141. The summed E-state index contributed by atoms with van der Waals surface area (Å²) >= 11 is 0. The standard InChI is InChI=1S/C15H22N2O4/c1-3-21-13-8-4-7-12(10-13)17-15(20)16-9-5-6-11(2)14(18)19/h4,7-8,10-11H,3,5-6,9H2,1-2H3,(H,18,19)(H2,16,17,20). The topological polar surface area (TPSA) is 87.7 Å². The Morgan fingerprint density at radius 1 is 1.38 bits per heavy atom. The molecule has 0 saturated carbocycles. The molecule has 3 N–H and O–H groups in total. The highest BCUT2D eigenvalue weighted by molar-refractivity contribution is 5.89. The zero-order chi connectivity index (χ0) is 15.7. The fourth-order valence-corrected chi connectivity index (χ4v) is 1.74. The average molecular weight is 294 g/mol. The molecule has 0 aliphatic carbocycles. The molecule has 0 aliphatic rings. The van der Waals surface area contributed by atoms with E-state index in [1.807, 2.05) is 13.0 Å². The molecule has 1 aromatic rings. The third-order valence-corrected chi connectivity index (χ3v) is 2.92. The predicted molar refractivity (Wildman–Crippen MR) is 80.7 cm³/mol. The highest BCUT2D eigenvalue weighted by Crippen LogP contribution is 2.17. The number of aliphatic carboxylic acids is 1. The lowest BCUT2D eigenvalue weighted by Gasteiger charge is -2.10. The van der Waals surface area contributed by atoms with Crippen molar-refractivity contribution < 1.29 is 19.4 Å². The van der Waals surface area contributed by atoms with E-state index >= 15 is 0 Å². The van der Waals surface area contributed by atoms with E-state index in [9.17, 15) is 9.59 Å². The lowest BCUT2D eigenvalue weighted by atomic mass is 10.1. The number of hydrogen-bond donors (Lipinski definition) is 3. The molecular formula is C15H22N2O4. The summed E-state index contributed by atoms with van der Waals surface area (Å²) in [6, 6.07) is 6.82. The van der Waals surface area contributed by atoms with Gasteiger partial charge in [0, 0.05) is 18.3 Å². The van der Waals surface area contributed by atoms with Crippen molar-refractivity contribution in [3.63, 3.8) is 0 Å². The summed E-state index contributed by atoms with van der Waals surface area (Å²) in [5.74, 6) is -0.504. The Kier molecular flexibility index (Phi) is 7.08. The van der Waals surface area contributed by atoms with Crippen molar-refractivity contribution in [3.05, 3.63) is 24.3 Å². The lowest BCUT2D eigenvalue weighted by Crippen LogP contribution is -2.29. The van der Waals surface area contributed by atoms with Crippen LogP contribution in [0, 0.1) is 5.92 Å². The summed E-state index contributed by atoms with van der Waals surface area (Å²) in [4.78, 5) is 22.3. The average Bonchev–Trinajstić information content (AvgIpc) is 2.44. The molecule has 1 unspecified atom stereocenters. The van der Waals surface area contributed by atoms with Gasteiger partial charge in [0.2, 0.25) is 0 Å². The molecule has 0 aliphatic heterocycles. The minimum atomic E-state index is -0.813. The normalized spacial score (nSPS) is 11.5. The first-order valence-electron chi connectivity index (χ1n) is 7.03. The second kappa shape index (κ2) is 8.84. The van der Waals surface area contributed by atoms with E-state index in [1.165, 1.54) is 0 Å². The zero-order valence-corrected chi connectivity index (χ0v) is 12.4. The van der Waals surface area contributed by atoms with E-state index in [4.69, 9.17) is 9.84 Å². The van der Waals surface area contributed by atoms with E-state index in [2.05, 4.69) is 10.6 Å². The van der Waals surface area contributed by atoms with Gasteiger partial charge in [-0.05, 0) is 31.9 Å². The van der Waals surface area contributed by atoms with Crippen molar-refractivity contribution in [1.82, 2.24) is 5.32 Å². The summed E-state index contributed by atoms with van der Waals surface area (Å²) in [5.41, 5.74) is 0.650. The Hall–Kier alpha value is -2.24. The van der Waals surface area contributed by atoms with Crippen molar-refractivity contribution in [3.8, 4) is 5.75 Å². The highest BCUT2D eigenvalue weighted by atomic mass is 16.5. The van der Waals surface area contributed by atoms with Crippen LogP contribution in [0.1, 0.15) is 26.7 Å². The van der Waals surface area contributed by atoms with Crippen molar-refractivity contribution >= 4 is 17.7 Å². The molecule has 1 rings (SSSR count). The van der Waals surface area contributed by atoms with Crippen LogP contribution in [0.4, 0.5) is 10.5 Å². The first-order valence-corrected chi connectivity index (χ1v) is 7.03. The number of rotatable bonds is 8. The Balaban J connectivity index is 2.30. The summed E-state index contributed by atoms with van der Waals surface area (Å²) in [5, 5.41) is 14.1. The highest BCUT2D eigenvalue weighted by Gasteiger charge is 2.10. The van der Waals surface area contributed by atoms with Crippen LogP contribution in [0.2, 0.25) is 0 Å². The van der Waals surface area contributed by atoms with Crippen LogP contribution in [0.3, 0.4) is 0 Å². The zero-order valence-electron chi connectivity index (χ0n) is 12.4. The second-order valence-electron chi connectivity index (χ2n) is 4.72. The van der Waals surface area contributed by atoms with Gasteiger partial charge in [-0.25, -0.2) is 4.79 Å². The molecule has 0 fully saturated rings. The van der Waals surface area contributed by atoms with Gasteiger partial charge in [0.25, 0.3) is 0 Å². The predicted octanol–water partition coefficient (Wildman–Crippen LogP) is 2.71. The second-order valence-corrected chi connectivity index (χ2v) is 4.72. The number of benzene rings is 1. The third-order valence-electron chi connectivity index (χ3n) is 2.92. The molecule has 1 aromatic carbocycles. The molecule has 2 amide bonds. The van der Waals surface area contributed by atoms with Gasteiger partial charge < -0.3 is 20.5 Å². The number of ether oxygens (including phenoxy) is 1. The monoisotopic (exact) mass is 294 g/mol. The number of carboxylic acid groups (broad SMARTS) is 1. The number of carbonyl (C=O) groups excluding carboxylic acids is 1. The van der Waals surface area contributed by atoms with Gasteiger partial charge in [-0.3, -0.25) is 4.79 Å². The molecule has 0 spiro atoms. The molecule has 0 radical (unpaired) electrons. The van der Waals surface area contributed by atoms with Crippen LogP contribution in [0.15, 0.2) is 24.3 Å². The van der Waals surface area contributed by atoms with Crippen molar-refractivity contribution in [1.29, 1.82) is 0 Å². The Bertz CT molecular complexity index is 476. The maximum Gasteiger partial charge on any atom is 0.319 e. The molecule has 21 heavy (non-hydrogen) atoms. The number of anilines is 1. The molecule has 0 heterocycles. The minimum absolute atomic E-state index is 0.313. The first kappa shape index (κ1) is 16.8. The van der Waals surface area contributed by atoms with Crippen LogP contribution in [0.25, 0.3) is 0 Å². The number of carboxylic acids is 1. The first-order chi connectivity index (χ1) is 10.0. The summed E-state index contributed by atoms with van der Waals surface area (Å²) in [6.07, 6.45) is 1.16. The largest absolute Gasteiger partial charge is 0.494 e. The number of urea groups is 1. The van der Waals surface area contributed by atoms with Crippen LogP contribution >= 0.6 is 0 Å². The van der Waals surface area contributed by atoms with Crippen LogP contribution in [-0.4, -0.2) is 30.3 Å². The van der Waals surface area contributed by atoms with Crippen molar-refractivity contribution in [2.24, 2.45) is 5.92 Å². The quantitative estimate of drug-likeness (QED) is 0.643.